The van der Waals surface area contributed by atoms with Crippen LogP contribution in [0.4, 0.5) is 0 Å². The number of rotatable bonds is 4. The van der Waals surface area contributed by atoms with Gasteiger partial charge in [-0.1, -0.05) is 140 Å². The van der Waals surface area contributed by atoms with Crippen molar-refractivity contribution >= 4 is 53.7 Å². The number of hydrogen-bond acceptors (Lipinski definition) is 1. The van der Waals surface area contributed by atoms with Gasteiger partial charge in [-0.2, -0.15) is 0 Å². The Bertz CT molecular complexity index is 2460. The third kappa shape index (κ3) is 4.44. The minimum absolute atomic E-state index is 1.23. The quantitative estimate of drug-likeness (QED) is 0.179. The number of hydrogen-bond donors (Lipinski definition) is 0. The summed E-state index contributed by atoms with van der Waals surface area (Å²) >= 11 is 1.86. The van der Waals surface area contributed by atoms with E-state index in [2.05, 4.69) is 170 Å². The van der Waals surface area contributed by atoms with E-state index < -0.39 is 0 Å². The SMILES string of the molecule is c1cc(-c2ccc3ccccc3c2)cc(-c2c3ccccc3c(-c3cccc(-c4cc5ccccc5s4)c3)c3ccccc23)c1. The molecule has 1 heteroatoms. The molecule has 9 aromatic rings. The van der Waals surface area contributed by atoms with Crippen molar-refractivity contribution in [3.05, 3.63) is 170 Å². The van der Waals surface area contributed by atoms with Crippen LogP contribution in [0.25, 0.3) is 86.2 Å². The van der Waals surface area contributed by atoms with Crippen molar-refractivity contribution in [1.82, 2.24) is 0 Å². The number of fused-ring (bicyclic) bond motifs is 4. The molecule has 0 N–H and O–H groups in total. The zero-order chi connectivity index (χ0) is 29.7. The summed E-state index contributed by atoms with van der Waals surface area (Å²) in [5, 5.41) is 8.92. The lowest BCUT2D eigenvalue weighted by Crippen LogP contribution is -1.91. The zero-order valence-corrected chi connectivity index (χ0v) is 25.4. The maximum Gasteiger partial charge on any atom is 0.0355 e. The van der Waals surface area contributed by atoms with Gasteiger partial charge in [0.2, 0.25) is 0 Å². The summed E-state index contributed by atoms with van der Waals surface area (Å²) in [5.74, 6) is 0. The van der Waals surface area contributed by atoms with Crippen molar-refractivity contribution in [2.45, 2.75) is 0 Å². The normalized spacial score (nSPS) is 11.6. The van der Waals surface area contributed by atoms with Gasteiger partial charge in [0.25, 0.3) is 0 Å². The molecule has 8 aromatic carbocycles. The van der Waals surface area contributed by atoms with E-state index in [1.165, 1.54) is 86.2 Å². The van der Waals surface area contributed by atoms with Gasteiger partial charge in [0.1, 0.15) is 0 Å². The highest BCUT2D eigenvalue weighted by atomic mass is 32.1. The minimum atomic E-state index is 1.23. The smallest absolute Gasteiger partial charge is 0.0355 e. The second-order valence-corrected chi connectivity index (χ2v) is 12.8. The van der Waals surface area contributed by atoms with Crippen LogP contribution in [0.5, 0.6) is 0 Å². The molecule has 1 heterocycles. The fraction of sp³-hybridized carbons (Fsp3) is 0. The number of thiophene rings is 1. The van der Waals surface area contributed by atoms with Crippen LogP contribution in [0.3, 0.4) is 0 Å². The highest BCUT2D eigenvalue weighted by Gasteiger charge is 2.17. The summed E-state index contributed by atoms with van der Waals surface area (Å²) in [7, 11) is 0. The molecule has 45 heavy (non-hydrogen) atoms. The Morgan fingerprint density at radius 2 is 0.778 bits per heavy atom. The van der Waals surface area contributed by atoms with E-state index in [0.717, 1.165) is 0 Å². The van der Waals surface area contributed by atoms with E-state index in [1.54, 1.807) is 0 Å². The van der Waals surface area contributed by atoms with Crippen LogP contribution in [0.1, 0.15) is 0 Å². The molecular weight excluding hydrogens is 561 g/mol. The molecule has 0 fully saturated rings. The summed E-state index contributed by atoms with van der Waals surface area (Å²) in [5.41, 5.74) is 8.78. The lowest BCUT2D eigenvalue weighted by molar-refractivity contribution is 1.62. The van der Waals surface area contributed by atoms with Crippen LogP contribution < -0.4 is 0 Å². The molecule has 0 nitrogen and oxygen atoms in total. The second kappa shape index (κ2) is 10.6. The lowest BCUT2D eigenvalue weighted by Gasteiger charge is -2.18. The van der Waals surface area contributed by atoms with E-state index in [1.807, 2.05) is 11.3 Å². The van der Waals surface area contributed by atoms with Gasteiger partial charge in [-0.25, -0.2) is 0 Å². The third-order valence-electron chi connectivity index (χ3n) is 9.03. The Hall–Kier alpha value is -5.50. The van der Waals surface area contributed by atoms with Crippen LogP contribution in [-0.4, -0.2) is 0 Å². The molecule has 0 unspecified atom stereocenters. The predicted molar refractivity (Wildman–Crippen MR) is 196 cm³/mol. The fourth-order valence-corrected chi connectivity index (χ4v) is 7.98. The summed E-state index contributed by atoms with van der Waals surface area (Å²) in [4.78, 5) is 1.30. The first-order chi connectivity index (χ1) is 22.3. The first-order valence-corrected chi connectivity index (χ1v) is 16.2. The van der Waals surface area contributed by atoms with Crippen molar-refractivity contribution in [3.8, 4) is 43.8 Å². The zero-order valence-electron chi connectivity index (χ0n) is 24.6. The topological polar surface area (TPSA) is 0 Å². The van der Waals surface area contributed by atoms with E-state index in [4.69, 9.17) is 0 Å². The Kier molecular flexibility index (Phi) is 6.11. The van der Waals surface area contributed by atoms with Gasteiger partial charge in [0, 0.05) is 9.58 Å². The molecule has 0 amide bonds. The molecular formula is C44H28S. The first-order valence-electron chi connectivity index (χ1n) is 15.4. The monoisotopic (exact) mass is 588 g/mol. The Morgan fingerprint density at radius 1 is 0.289 bits per heavy atom. The molecule has 210 valence electrons. The minimum Gasteiger partial charge on any atom is -0.135 e. The molecule has 0 saturated carbocycles. The van der Waals surface area contributed by atoms with E-state index in [0.29, 0.717) is 0 Å². The average molecular weight is 589 g/mol. The standard InChI is InChI=1S/C44H28S/c1-2-12-30-25-32(24-23-29(30)11-1)31-14-9-16-35(26-31)43-37-18-4-6-20-39(37)44(40-21-7-5-19-38(40)43)36-17-10-15-33(27-36)42-28-34-13-3-8-22-41(34)45-42/h1-28H. The van der Waals surface area contributed by atoms with Crippen LogP contribution in [0.2, 0.25) is 0 Å². The van der Waals surface area contributed by atoms with Crippen molar-refractivity contribution < 1.29 is 0 Å². The van der Waals surface area contributed by atoms with Gasteiger partial charge in [-0.05, 0) is 107 Å². The van der Waals surface area contributed by atoms with E-state index in [9.17, 15) is 0 Å². The molecule has 0 aliphatic carbocycles. The van der Waals surface area contributed by atoms with Crippen molar-refractivity contribution in [2.24, 2.45) is 0 Å². The summed E-state index contributed by atoms with van der Waals surface area (Å²) in [6.45, 7) is 0. The molecule has 0 spiro atoms. The highest BCUT2D eigenvalue weighted by molar-refractivity contribution is 7.22. The maximum absolute atomic E-state index is 2.37. The fourth-order valence-electron chi connectivity index (χ4n) is 6.93. The van der Waals surface area contributed by atoms with Crippen LogP contribution >= 0.6 is 11.3 Å². The van der Waals surface area contributed by atoms with Crippen LogP contribution in [0, 0.1) is 0 Å². The van der Waals surface area contributed by atoms with E-state index >= 15 is 0 Å². The molecule has 0 aliphatic heterocycles. The molecule has 1 aromatic heterocycles. The molecule has 0 saturated heterocycles. The average Bonchev–Trinajstić information content (AvgIpc) is 3.55. The molecule has 0 atom stereocenters. The summed E-state index contributed by atoms with van der Waals surface area (Å²) in [6.07, 6.45) is 0. The Labute approximate surface area is 266 Å². The first kappa shape index (κ1) is 25.9. The van der Waals surface area contributed by atoms with Gasteiger partial charge >= 0.3 is 0 Å². The Morgan fingerprint density at radius 3 is 1.42 bits per heavy atom. The Balaban J connectivity index is 1.25. The molecule has 0 radical (unpaired) electrons. The second-order valence-electron chi connectivity index (χ2n) is 11.7. The molecule has 0 aliphatic rings. The van der Waals surface area contributed by atoms with Crippen LogP contribution in [0.15, 0.2) is 170 Å². The van der Waals surface area contributed by atoms with Gasteiger partial charge in [-0.3, -0.25) is 0 Å². The van der Waals surface area contributed by atoms with Crippen LogP contribution in [-0.2, 0) is 0 Å². The predicted octanol–water partition coefficient (Wildman–Crippen LogP) is 13.0. The largest absolute Gasteiger partial charge is 0.135 e. The van der Waals surface area contributed by atoms with Gasteiger partial charge < -0.3 is 0 Å². The van der Waals surface area contributed by atoms with Crippen molar-refractivity contribution in [3.63, 3.8) is 0 Å². The van der Waals surface area contributed by atoms with Gasteiger partial charge in [0.15, 0.2) is 0 Å². The maximum atomic E-state index is 2.37. The summed E-state index contributed by atoms with van der Waals surface area (Å²) < 4.78 is 1.32. The highest BCUT2D eigenvalue weighted by Crippen LogP contribution is 2.45. The molecule has 9 rings (SSSR count). The lowest BCUT2D eigenvalue weighted by atomic mass is 9.85. The van der Waals surface area contributed by atoms with Crippen molar-refractivity contribution in [1.29, 1.82) is 0 Å². The van der Waals surface area contributed by atoms with Crippen molar-refractivity contribution in [2.75, 3.05) is 0 Å². The molecule has 0 bridgehead atoms. The van der Waals surface area contributed by atoms with Gasteiger partial charge in [0.05, 0.1) is 0 Å². The third-order valence-corrected chi connectivity index (χ3v) is 10.2. The van der Waals surface area contributed by atoms with Gasteiger partial charge in [-0.15, -0.1) is 11.3 Å². The number of benzene rings is 8. The summed E-state index contributed by atoms with van der Waals surface area (Å²) in [6, 6.07) is 62.3. The van der Waals surface area contributed by atoms with E-state index in [-0.39, 0.29) is 0 Å².